The molecule has 1 atom stereocenters. The van der Waals surface area contributed by atoms with Crippen molar-refractivity contribution in [2.75, 3.05) is 26.7 Å². The summed E-state index contributed by atoms with van der Waals surface area (Å²) in [5, 5.41) is 3.45. The molecule has 0 aromatic rings. The molecule has 2 nitrogen and oxygen atoms in total. The molecule has 1 rings (SSSR count). The van der Waals surface area contributed by atoms with E-state index in [0.717, 1.165) is 0 Å². The smallest absolute Gasteiger partial charge is 0.0113 e. The van der Waals surface area contributed by atoms with Gasteiger partial charge in [0.1, 0.15) is 0 Å². The zero-order valence-electron chi connectivity index (χ0n) is 12.1. The normalized spacial score (nSPS) is 23.4. The van der Waals surface area contributed by atoms with Gasteiger partial charge in [-0.3, -0.25) is 0 Å². The third-order valence-corrected chi connectivity index (χ3v) is 4.36. The molecule has 1 heterocycles. The van der Waals surface area contributed by atoms with Crippen molar-refractivity contribution in [2.24, 2.45) is 10.8 Å². The van der Waals surface area contributed by atoms with Crippen LogP contribution in [0.3, 0.4) is 0 Å². The molecule has 1 fully saturated rings. The van der Waals surface area contributed by atoms with Gasteiger partial charge in [0.2, 0.25) is 0 Å². The number of nitrogens with one attached hydrogen (secondary N) is 1. The maximum absolute atomic E-state index is 3.45. The molecule has 1 aliphatic heterocycles. The van der Waals surface area contributed by atoms with Crippen LogP contribution in [0.1, 0.15) is 47.5 Å². The maximum Gasteiger partial charge on any atom is 0.0113 e. The molecule has 0 aliphatic carbocycles. The molecule has 1 N–H and O–H groups in total. The molecule has 0 amide bonds. The van der Waals surface area contributed by atoms with Crippen LogP contribution >= 0.6 is 0 Å². The first kappa shape index (κ1) is 14.0. The average molecular weight is 226 g/mol. The number of hydrogen-bond acceptors (Lipinski definition) is 2. The van der Waals surface area contributed by atoms with Crippen LogP contribution in [0.2, 0.25) is 0 Å². The Labute approximate surface area is 102 Å². The lowest BCUT2D eigenvalue weighted by atomic mass is 9.79. The first-order valence-electron chi connectivity index (χ1n) is 6.66. The number of rotatable bonds is 3. The summed E-state index contributed by atoms with van der Waals surface area (Å²) in [4.78, 5) is 2.55. The van der Waals surface area contributed by atoms with Gasteiger partial charge in [-0.25, -0.2) is 0 Å². The second-order valence-electron chi connectivity index (χ2n) is 7.02. The minimum Gasteiger partial charge on any atom is -0.317 e. The summed E-state index contributed by atoms with van der Waals surface area (Å²) in [7, 11) is 2.28. The Morgan fingerprint density at radius 1 is 1.25 bits per heavy atom. The lowest BCUT2D eigenvalue weighted by molar-refractivity contribution is 0.0750. The quantitative estimate of drug-likeness (QED) is 0.796. The third-order valence-electron chi connectivity index (χ3n) is 4.36. The Morgan fingerprint density at radius 2 is 1.75 bits per heavy atom. The molecule has 1 aliphatic rings. The first-order chi connectivity index (χ1) is 7.25. The minimum absolute atomic E-state index is 0.373. The van der Waals surface area contributed by atoms with Crippen molar-refractivity contribution >= 4 is 0 Å². The lowest BCUT2D eigenvalue weighted by Crippen LogP contribution is -2.47. The van der Waals surface area contributed by atoms with Crippen LogP contribution < -0.4 is 5.32 Å². The van der Waals surface area contributed by atoms with E-state index < -0.39 is 0 Å². The van der Waals surface area contributed by atoms with Crippen LogP contribution in [0.25, 0.3) is 0 Å². The van der Waals surface area contributed by atoms with E-state index in [0.29, 0.717) is 16.9 Å². The van der Waals surface area contributed by atoms with Crippen molar-refractivity contribution in [1.82, 2.24) is 10.2 Å². The highest BCUT2D eigenvalue weighted by atomic mass is 15.1. The summed E-state index contributed by atoms with van der Waals surface area (Å²) >= 11 is 0. The fourth-order valence-corrected chi connectivity index (χ4v) is 2.59. The van der Waals surface area contributed by atoms with E-state index in [-0.39, 0.29) is 0 Å². The summed E-state index contributed by atoms with van der Waals surface area (Å²) in [6.45, 7) is 15.4. The SMILES string of the molecule is CC(N(C)CC1(C)CCNCC1)C(C)(C)C. The molecule has 0 saturated carbocycles. The highest BCUT2D eigenvalue weighted by molar-refractivity contribution is 4.86. The van der Waals surface area contributed by atoms with Gasteiger partial charge in [0.15, 0.2) is 0 Å². The van der Waals surface area contributed by atoms with E-state index in [1.54, 1.807) is 0 Å². The summed E-state index contributed by atoms with van der Waals surface area (Å²) in [6, 6.07) is 0.638. The van der Waals surface area contributed by atoms with Crippen molar-refractivity contribution in [1.29, 1.82) is 0 Å². The predicted octanol–water partition coefficient (Wildman–Crippen LogP) is 2.74. The van der Waals surface area contributed by atoms with Gasteiger partial charge in [-0.05, 0) is 50.7 Å². The van der Waals surface area contributed by atoms with E-state index in [4.69, 9.17) is 0 Å². The molecule has 1 saturated heterocycles. The van der Waals surface area contributed by atoms with Gasteiger partial charge in [-0.2, -0.15) is 0 Å². The van der Waals surface area contributed by atoms with E-state index in [1.807, 2.05) is 0 Å². The van der Waals surface area contributed by atoms with Crippen LogP contribution in [0.15, 0.2) is 0 Å². The van der Waals surface area contributed by atoms with Crippen LogP contribution in [-0.4, -0.2) is 37.6 Å². The van der Waals surface area contributed by atoms with Gasteiger partial charge < -0.3 is 10.2 Å². The molecule has 0 spiro atoms. The lowest BCUT2D eigenvalue weighted by Gasteiger charge is -2.42. The fraction of sp³-hybridized carbons (Fsp3) is 1.00. The van der Waals surface area contributed by atoms with E-state index in [2.05, 4.69) is 51.9 Å². The summed E-state index contributed by atoms with van der Waals surface area (Å²) in [5.41, 5.74) is 0.886. The maximum atomic E-state index is 3.45. The van der Waals surface area contributed by atoms with Crippen molar-refractivity contribution in [3.8, 4) is 0 Å². The van der Waals surface area contributed by atoms with Crippen LogP contribution in [-0.2, 0) is 0 Å². The Morgan fingerprint density at radius 3 is 2.19 bits per heavy atom. The standard InChI is InChI=1S/C14H30N2/c1-12(13(2,3)4)16(6)11-14(5)7-9-15-10-8-14/h12,15H,7-11H2,1-6H3. The van der Waals surface area contributed by atoms with Gasteiger partial charge in [0.25, 0.3) is 0 Å². The van der Waals surface area contributed by atoms with Gasteiger partial charge in [0, 0.05) is 12.6 Å². The molecule has 0 aromatic heterocycles. The van der Waals surface area contributed by atoms with Gasteiger partial charge >= 0.3 is 0 Å². The fourth-order valence-electron chi connectivity index (χ4n) is 2.59. The Kier molecular flexibility index (Phi) is 4.42. The molecule has 0 bridgehead atoms. The summed E-state index contributed by atoms with van der Waals surface area (Å²) < 4.78 is 0. The topological polar surface area (TPSA) is 15.3 Å². The highest BCUT2D eigenvalue weighted by Gasteiger charge is 2.32. The molecule has 2 heteroatoms. The molecular weight excluding hydrogens is 196 g/mol. The summed E-state index contributed by atoms with van der Waals surface area (Å²) in [6.07, 6.45) is 2.63. The second kappa shape index (κ2) is 5.05. The van der Waals surface area contributed by atoms with Crippen molar-refractivity contribution < 1.29 is 0 Å². The largest absolute Gasteiger partial charge is 0.317 e. The zero-order chi connectivity index (χ0) is 12.4. The summed E-state index contributed by atoms with van der Waals surface area (Å²) in [5.74, 6) is 0. The van der Waals surface area contributed by atoms with Gasteiger partial charge in [-0.15, -0.1) is 0 Å². The minimum atomic E-state index is 0.373. The number of hydrogen-bond donors (Lipinski definition) is 1. The van der Waals surface area contributed by atoms with Crippen LogP contribution in [0, 0.1) is 10.8 Å². The molecule has 1 unspecified atom stereocenters. The number of piperidine rings is 1. The van der Waals surface area contributed by atoms with Crippen molar-refractivity contribution in [3.05, 3.63) is 0 Å². The Balaban J connectivity index is 2.52. The predicted molar refractivity (Wildman–Crippen MR) is 71.8 cm³/mol. The molecule has 0 radical (unpaired) electrons. The van der Waals surface area contributed by atoms with Gasteiger partial charge in [-0.1, -0.05) is 27.7 Å². The number of nitrogens with zero attached hydrogens (tertiary/aromatic N) is 1. The molecular formula is C14H30N2. The van der Waals surface area contributed by atoms with E-state index in [1.165, 1.54) is 32.5 Å². The monoisotopic (exact) mass is 226 g/mol. The second-order valence-corrected chi connectivity index (χ2v) is 7.02. The van der Waals surface area contributed by atoms with Crippen LogP contribution in [0.5, 0.6) is 0 Å². The van der Waals surface area contributed by atoms with Crippen LogP contribution in [0.4, 0.5) is 0 Å². The molecule has 96 valence electrons. The van der Waals surface area contributed by atoms with E-state index in [9.17, 15) is 0 Å². The third kappa shape index (κ3) is 3.74. The molecule has 0 aromatic carbocycles. The Hall–Kier alpha value is -0.0800. The Bertz CT molecular complexity index is 211. The van der Waals surface area contributed by atoms with Gasteiger partial charge in [0.05, 0.1) is 0 Å². The average Bonchev–Trinajstić information content (AvgIpc) is 2.15. The van der Waals surface area contributed by atoms with Crippen molar-refractivity contribution in [2.45, 2.75) is 53.5 Å². The first-order valence-corrected chi connectivity index (χ1v) is 6.66. The molecule has 16 heavy (non-hydrogen) atoms. The highest BCUT2D eigenvalue weighted by Crippen LogP contribution is 2.31. The zero-order valence-corrected chi connectivity index (χ0v) is 12.1. The van der Waals surface area contributed by atoms with Crippen molar-refractivity contribution in [3.63, 3.8) is 0 Å². The van der Waals surface area contributed by atoms with E-state index >= 15 is 0 Å².